The summed E-state index contributed by atoms with van der Waals surface area (Å²) in [4.78, 5) is 14.2. The number of benzene rings is 1. The van der Waals surface area contributed by atoms with Crippen molar-refractivity contribution < 1.29 is 9.47 Å². The van der Waals surface area contributed by atoms with Gasteiger partial charge in [-0.2, -0.15) is 0 Å². The number of nitrogens with zero attached hydrogens (tertiary/aromatic N) is 5. The Morgan fingerprint density at radius 3 is 2.53 bits per heavy atom. The van der Waals surface area contributed by atoms with Crippen LogP contribution in [-0.4, -0.2) is 81.9 Å². The number of nitrogens with two attached hydrogens (primary N) is 1. The first-order valence-electron chi connectivity index (χ1n) is 14.3. The number of piperazine rings is 1. The van der Waals surface area contributed by atoms with E-state index >= 15 is 0 Å². The highest BCUT2D eigenvalue weighted by Gasteiger charge is 2.32. The molecule has 3 aliphatic rings. The van der Waals surface area contributed by atoms with E-state index in [9.17, 15) is 0 Å². The Hall–Kier alpha value is -2.68. The van der Waals surface area contributed by atoms with E-state index in [0.29, 0.717) is 24.5 Å². The van der Waals surface area contributed by atoms with Gasteiger partial charge in [0.25, 0.3) is 0 Å². The van der Waals surface area contributed by atoms with E-state index in [-0.39, 0.29) is 11.7 Å². The average Bonchev–Trinajstić information content (AvgIpc) is 3.49. The third-order valence-corrected chi connectivity index (χ3v) is 8.89. The molecule has 3 aromatic rings. The van der Waals surface area contributed by atoms with E-state index in [0.717, 1.165) is 53.6 Å². The Balaban J connectivity index is 1.21. The van der Waals surface area contributed by atoms with E-state index < -0.39 is 0 Å². The molecule has 1 atom stereocenters. The number of ether oxygens (including phenoxy) is 2. The second kappa shape index (κ2) is 10.5. The molecule has 2 saturated heterocycles. The molecule has 4 heterocycles. The lowest BCUT2D eigenvalue weighted by atomic mass is 9.89. The Labute approximate surface area is 226 Å². The third-order valence-electron chi connectivity index (χ3n) is 8.89. The SMILES string of the molecule is CN1CCN(C2CCC(n3cc(-c4cccc(OCC5CCC(C)(C)O5)c4)c4c(N)ncnc43)CC2)CC1. The highest BCUT2D eigenvalue weighted by Crippen LogP contribution is 2.39. The van der Waals surface area contributed by atoms with E-state index in [1.54, 1.807) is 6.33 Å². The quantitative estimate of drug-likeness (QED) is 0.504. The molecule has 38 heavy (non-hydrogen) atoms. The molecular formula is C30H42N6O2. The monoisotopic (exact) mass is 518 g/mol. The van der Waals surface area contributed by atoms with Gasteiger partial charge in [-0.05, 0) is 77.1 Å². The molecule has 2 aromatic heterocycles. The van der Waals surface area contributed by atoms with Crippen LogP contribution in [0.2, 0.25) is 0 Å². The third kappa shape index (κ3) is 5.26. The largest absolute Gasteiger partial charge is 0.491 e. The van der Waals surface area contributed by atoms with Gasteiger partial charge in [-0.15, -0.1) is 0 Å². The Morgan fingerprint density at radius 1 is 1.03 bits per heavy atom. The van der Waals surface area contributed by atoms with Gasteiger partial charge in [-0.25, -0.2) is 9.97 Å². The number of rotatable bonds is 6. The van der Waals surface area contributed by atoms with Gasteiger partial charge < -0.3 is 24.7 Å². The summed E-state index contributed by atoms with van der Waals surface area (Å²) < 4.78 is 14.7. The van der Waals surface area contributed by atoms with Crippen LogP contribution in [0.3, 0.4) is 0 Å². The topological polar surface area (TPSA) is 81.7 Å². The minimum absolute atomic E-state index is 0.0567. The molecule has 2 aliphatic heterocycles. The molecule has 3 fully saturated rings. The number of hydrogen-bond donors (Lipinski definition) is 1. The maximum absolute atomic E-state index is 6.45. The second-order valence-electron chi connectivity index (χ2n) is 12.1. The minimum atomic E-state index is -0.0567. The number of anilines is 1. The van der Waals surface area contributed by atoms with Crippen LogP contribution < -0.4 is 10.5 Å². The first-order valence-corrected chi connectivity index (χ1v) is 14.3. The predicted octanol–water partition coefficient (Wildman–Crippen LogP) is 4.75. The first-order chi connectivity index (χ1) is 18.4. The zero-order valence-corrected chi connectivity index (χ0v) is 23.1. The molecule has 0 radical (unpaired) electrons. The van der Waals surface area contributed by atoms with E-state index in [2.05, 4.69) is 64.6 Å². The summed E-state index contributed by atoms with van der Waals surface area (Å²) in [5.41, 5.74) is 9.47. The molecule has 0 spiro atoms. The normalized spacial score (nSPS) is 26.7. The smallest absolute Gasteiger partial charge is 0.146 e. The van der Waals surface area contributed by atoms with E-state index in [1.807, 2.05) is 6.07 Å². The molecule has 8 nitrogen and oxygen atoms in total. The van der Waals surface area contributed by atoms with Crippen molar-refractivity contribution in [3.05, 3.63) is 36.8 Å². The summed E-state index contributed by atoms with van der Waals surface area (Å²) in [6.45, 7) is 9.59. The summed E-state index contributed by atoms with van der Waals surface area (Å²) in [5, 5.41) is 0.937. The zero-order chi connectivity index (χ0) is 26.3. The molecule has 1 aromatic carbocycles. The first kappa shape index (κ1) is 25.6. The highest BCUT2D eigenvalue weighted by molar-refractivity contribution is 6.00. The van der Waals surface area contributed by atoms with Gasteiger partial charge in [0.05, 0.1) is 17.1 Å². The molecule has 8 heteroatoms. The molecule has 6 rings (SSSR count). The minimum Gasteiger partial charge on any atom is -0.491 e. The molecule has 1 aliphatic carbocycles. The average molecular weight is 519 g/mol. The number of fused-ring (bicyclic) bond motifs is 1. The molecule has 1 unspecified atom stereocenters. The lowest BCUT2D eigenvalue weighted by Gasteiger charge is -2.41. The number of nitrogen functional groups attached to an aromatic ring is 1. The van der Waals surface area contributed by atoms with Gasteiger partial charge in [0.15, 0.2) is 0 Å². The number of aromatic nitrogens is 3. The van der Waals surface area contributed by atoms with Crippen molar-refractivity contribution in [3.63, 3.8) is 0 Å². The summed E-state index contributed by atoms with van der Waals surface area (Å²) in [6, 6.07) is 9.42. The van der Waals surface area contributed by atoms with Crippen molar-refractivity contribution in [2.75, 3.05) is 45.6 Å². The van der Waals surface area contributed by atoms with Crippen molar-refractivity contribution in [2.45, 2.75) is 76.2 Å². The summed E-state index contributed by atoms with van der Waals surface area (Å²) in [6.07, 6.45) is 10.9. The number of likely N-dealkylation sites (N-methyl/N-ethyl adjacent to an activating group) is 1. The molecule has 0 bridgehead atoms. The van der Waals surface area contributed by atoms with Crippen LogP contribution >= 0.6 is 0 Å². The molecule has 204 valence electrons. The highest BCUT2D eigenvalue weighted by atomic mass is 16.6. The zero-order valence-electron chi connectivity index (χ0n) is 23.1. The van der Waals surface area contributed by atoms with Crippen molar-refractivity contribution in [1.29, 1.82) is 0 Å². The molecule has 1 saturated carbocycles. The summed E-state index contributed by atoms with van der Waals surface area (Å²) in [5.74, 6) is 1.38. The molecule has 2 N–H and O–H groups in total. The van der Waals surface area contributed by atoms with Crippen molar-refractivity contribution in [3.8, 4) is 16.9 Å². The van der Waals surface area contributed by atoms with Gasteiger partial charge in [0.1, 0.15) is 30.1 Å². The van der Waals surface area contributed by atoms with Gasteiger partial charge >= 0.3 is 0 Å². The second-order valence-corrected chi connectivity index (χ2v) is 12.1. The lowest BCUT2D eigenvalue weighted by Crippen LogP contribution is -2.49. The van der Waals surface area contributed by atoms with Crippen LogP contribution in [-0.2, 0) is 4.74 Å². The molecular weight excluding hydrogens is 476 g/mol. The van der Waals surface area contributed by atoms with Crippen LogP contribution in [0.1, 0.15) is 58.4 Å². The van der Waals surface area contributed by atoms with Crippen LogP contribution in [0, 0.1) is 0 Å². The Morgan fingerprint density at radius 2 is 1.79 bits per heavy atom. The van der Waals surface area contributed by atoms with Crippen LogP contribution in [0.25, 0.3) is 22.2 Å². The summed E-state index contributed by atoms with van der Waals surface area (Å²) in [7, 11) is 2.23. The molecule has 0 amide bonds. The Kier molecular flexibility index (Phi) is 7.05. The fourth-order valence-corrected chi connectivity index (χ4v) is 6.63. The van der Waals surface area contributed by atoms with Gasteiger partial charge in [0.2, 0.25) is 0 Å². The summed E-state index contributed by atoms with van der Waals surface area (Å²) >= 11 is 0. The predicted molar refractivity (Wildman–Crippen MR) is 151 cm³/mol. The Bertz CT molecular complexity index is 1260. The maximum Gasteiger partial charge on any atom is 0.146 e. The van der Waals surface area contributed by atoms with Gasteiger partial charge in [-0.3, -0.25) is 4.90 Å². The standard InChI is InChI=1S/C30H42N6O2/c1-30(2)12-11-25(38-30)19-37-24-6-4-5-21(17-24)26-18-36(29-27(26)28(31)32-20-33-29)23-9-7-22(8-10-23)35-15-13-34(3)14-16-35/h4-6,17-18,20,22-23,25H,7-16,19H2,1-3H3,(H2,31,32,33). The van der Waals surface area contributed by atoms with Crippen molar-refractivity contribution >= 4 is 16.9 Å². The van der Waals surface area contributed by atoms with Crippen LogP contribution in [0.15, 0.2) is 36.8 Å². The maximum atomic E-state index is 6.45. The number of hydrogen-bond acceptors (Lipinski definition) is 7. The van der Waals surface area contributed by atoms with Crippen molar-refractivity contribution in [2.24, 2.45) is 0 Å². The fraction of sp³-hybridized carbons (Fsp3) is 0.600. The van der Waals surface area contributed by atoms with Crippen LogP contribution in [0.4, 0.5) is 5.82 Å². The van der Waals surface area contributed by atoms with Gasteiger partial charge in [0, 0.05) is 50.0 Å². The van der Waals surface area contributed by atoms with E-state index in [1.165, 1.54) is 39.0 Å². The van der Waals surface area contributed by atoms with E-state index in [4.69, 9.17) is 20.2 Å². The van der Waals surface area contributed by atoms with Crippen LogP contribution in [0.5, 0.6) is 5.75 Å². The van der Waals surface area contributed by atoms with Gasteiger partial charge in [-0.1, -0.05) is 12.1 Å². The van der Waals surface area contributed by atoms with Crippen molar-refractivity contribution in [1.82, 2.24) is 24.3 Å². The fourth-order valence-electron chi connectivity index (χ4n) is 6.63. The lowest BCUT2D eigenvalue weighted by molar-refractivity contribution is -0.0326.